The van der Waals surface area contributed by atoms with Crippen LogP contribution in [-0.4, -0.2) is 10.5 Å². The minimum Gasteiger partial charge on any atom is -0.338 e. The molecule has 1 amide bonds. The molecule has 3 aromatic rings. The van der Waals surface area contributed by atoms with Crippen LogP contribution in [0.25, 0.3) is 10.9 Å². The molecule has 1 aliphatic rings. The SMILES string of the molecule is CC1CCc2c(sc(NC(=O)Cn3ccc4cc(F)ccc43)c2C#N)C1. The van der Waals surface area contributed by atoms with Gasteiger partial charge in [-0.15, -0.1) is 11.3 Å². The minimum absolute atomic E-state index is 0.124. The van der Waals surface area contributed by atoms with Crippen molar-refractivity contribution >= 4 is 33.1 Å². The van der Waals surface area contributed by atoms with E-state index in [0.717, 1.165) is 35.7 Å². The molecule has 0 spiro atoms. The van der Waals surface area contributed by atoms with Gasteiger partial charge >= 0.3 is 0 Å². The van der Waals surface area contributed by atoms with E-state index in [0.29, 0.717) is 16.5 Å². The summed E-state index contributed by atoms with van der Waals surface area (Å²) >= 11 is 1.52. The second kappa shape index (κ2) is 6.58. The maximum absolute atomic E-state index is 13.3. The lowest BCUT2D eigenvalue weighted by Crippen LogP contribution is -2.18. The highest BCUT2D eigenvalue weighted by Crippen LogP contribution is 2.39. The lowest BCUT2D eigenvalue weighted by Gasteiger charge is -2.17. The average Bonchev–Trinajstić information content (AvgIpc) is 3.14. The third-order valence-electron chi connectivity index (χ3n) is 4.92. The molecule has 0 saturated carbocycles. The number of nitrogens with one attached hydrogen (secondary N) is 1. The van der Waals surface area contributed by atoms with Crippen LogP contribution in [0.4, 0.5) is 9.39 Å². The van der Waals surface area contributed by atoms with Crippen molar-refractivity contribution in [3.05, 3.63) is 52.3 Å². The summed E-state index contributed by atoms with van der Waals surface area (Å²) in [7, 11) is 0. The first-order chi connectivity index (χ1) is 12.5. The van der Waals surface area contributed by atoms with Gasteiger partial charge in [0.25, 0.3) is 0 Å². The van der Waals surface area contributed by atoms with E-state index in [1.165, 1.54) is 28.3 Å². The van der Waals surface area contributed by atoms with Crippen LogP contribution in [0.1, 0.15) is 29.3 Å². The van der Waals surface area contributed by atoms with Gasteiger partial charge in [-0.1, -0.05) is 6.92 Å². The Hall–Kier alpha value is -2.65. The molecule has 4 rings (SSSR count). The number of nitriles is 1. The first-order valence-electron chi connectivity index (χ1n) is 8.64. The van der Waals surface area contributed by atoms with Crippen molar-refractivity contribution < 1.29 is 9.18 Å². The fraction of sp³-hybridized carbons (Fsp3) is 0.300. The van der Waals surface area contributed by atoms with Crippen molar-refractivity contribution in [3.8, 4) is 6.07 Å². The van der Waals surface area contributed by atoms with Crippen LogP contribution in [0.15, 0.2) is 30.5 Å². The summed E-state index contributed by atoms with van der Waals surface area (Å²) in [6, 6.07) is 8.56. The molecule has 1 unspecified atom stereocenters. The number of amides is 1. The number of aromatic nitrogens is 1. The van der Waals surface area contributed by atoms with Crippen LogP contribution in [-0.2, 0) is 24.2 Å². The third-order valence-corrected chi connectivity index (χ3v) is 6.09. The van der Waals surface area contributed by atoms with Crippen LogP contribution in [0, 0.1) is 23.1 Å². The predicted octanol–water partition coefficient (Wildman–Crippen LogP) is 4.48. The number of anilines is 1. The smallest absolute Gasteiger partial charge is 0.244 e. The van der Waals surface area contributed by atoms with E-state index < -0.39 is 0 Å². The van der Waals surface area contributed by atoms with Gasteiger partial charge in [0.05, 0.1) is 5.56 Å². The number of hydrogen-bond donors (Lipinski definition) is 1. The number of benzene rings is 1. The molecule has 0 saturated heterocycles. The molecule has 0 fully saturated rings. The number of halogens is 1. The van der Waals surface area contributed by atoms with Gasteiger partial charge in [0.15, 0.2) is 0 Å². The van der Waals surface area contributed by atoms with Crippen molar-refractivity contribution in [1.29, 1.82) is 5.26 Å². The summed E-state index contributed by atoms with van der Waals surface area (Å²) in [6.07, 6.45) is 4.73. The van der Waals surface area contributed by atoms with E-state index in [1.807, 2.05) is 0 Å². The Morgan fingerprint density at radius 3 is 3.12 bits per heavy atom. The molecule has 1 N–H and O–H groups in total. The van der Waals surface area contributed by atoms with E-state index >= 15 is 0 Å². The molecule has 4 nitrogen and oxygen atoms in total. The van der Waals surface area contributed by atoms with Crippen LogP contribution < -0.4 is 5.32 Å². The van der Waals surface area contributed by atoms with Crippen LogP contribution in [0.2, 0.25) is 0 Å². The number of hydrogen-bond acceptors (Lipinski definition) is 3. The fourth-order valence-electron chi connectivity index (χ4n) is 3.59. The summed E-state index contributed by atoms with van der Waals surface area (Å²) in [5.74, 6) is 0.134. The van der Waals surface area contributed by atoms with Crippen molar-refractivity contribution in [2.45, 2.75) is 32.7 Å². The highest BCUT2D eigenvalue weighted by atomic mass is 32.1. The number of nitrogens with zero attached hydrogens (tertiary/aromatic N) is 2. The molecule has 132 valence electrons. The van der Waals surface area contributed by atoms with Crippen molar-refractivity contribution in [3.63, 3.8) is 0 Å². The molecule has 2 heterocycles. The van der Waals surface area contributed by atoms with Crippen molar-refractivity contribution in [2.24, 2.45) is 5.92 Å². The summed E-state index contributed by atoms with van der Waals surface area (Å²) in [4.78, 5) is 13.7. The van der Waals surface area contributed by atoms with E-state index in [9.17, 15) is 14.4 Å². The van der Waals surface area contributed by atoms with Crippen molar-refractivity contribution in [1.82, 2.24) is 4.57 Å². The van der Waals surface area contributed by atoms with E-state index in [1.54, 1.807) is 22.9 Å². The van der Waals surface area contributed by atoms with Crippen molar-refractivity contribution in [2.75, 3.05) is 5.32 Å². The highest BCUT2D eigenvalue weighted by molar-refractivity contribution is 7.16. The molecule has 0 radical (unpaired) electrons. The third kappa shape index (κ3) is 2.99. The number of rotatable bonds is 3. The summed E-state index contributed by atoms with van der Waals surface area (Å²) in [6.45, 7) is 2.34. The molecular formula is C20H18FN3OS. The van der Waals surface area contributed by atoms with E-state index in [2.05, 4.69) is 18.3 Å². The number of carbonyl (C=O) groups is 1. The number of fused-ring (bicyclic) bond motifs is 2. The zero-order chi connectivity index (χ0) is 18.3. The largest absolute Gasteiger partial charge is 0.338 e. The highest BCUT2D eigenvalue weighted by Gasteiger charge is 2.24. The van der Waals surface area contributed by atoms with Gasteiger partial charge in [-0.3, -0.25) is 4.79 Å². The number of thiophene rings is 1. The fourth-order valence-corrected chi connectivity index (χ4v) is 4.96. The molecule has 1 aromatic carbocycles. The zero-order valence-electron chi connectivity index (χ0n) is 14.4. The lowest BCUT2D eigenvalue weighted by atomic mass is 9.89. The second-order valence-corrected chi connectivity index (χ2v) is 7.97. The maximum atomic E-state index is 13.3. The van der Waals surface area contributed by atoms with Crippen LogP contribution in [0.5, 0.6) is 0 Å². The van der Waals surface area contributed by atoms with Gasteiger partial charge in [-0.25, -0.2) is 4.39 Å². The monoisotopic (exact) mass is 367 g/mol. The topological polar surface area (TPSA) is 57.8 Å². The average molecular weight is 367 g/mol. The zero-order valence-corrected chi connectivity index (χ0v) is 15.2. The maximum Gasteiger partial charge on any atom is 0.244 e. The van der Waals surface area contributed by atoms with E-state index in [4.69, 9.17) is 0 Å². The standard InChI is InChI=1S/C20H18FN3OS/c1-12-2-4-15-16(10-22)20(26-18(15)8-12)23-19(25)11-24-7-6-13-9-14(21)3-5-17(13)24/h3,5-7,9,12H,2,4,8,11H2,1H3,(H,23,25). The predicted molar refractivity (Wildman–Crippen MR) is 101 cm³/mol. The van der Waals surface area contributed by atoms with Gasteiger partial charge in [0.2, 0.25) is 5.91 Å². The Bertz CT molecular complexity index is 1040. The first kappa shape index (κ1) is 16.8. The molecule has 2 aromatic heterocycles. The molecule has 0 aliphatic heterocycles. The van der Waals surface area contributed by atoms with E-state index in [-0.39, 0.29) is 18.3 Å². The van der Waals surface area contributed by atoms with Gasteiger partial charge in [-0.2, -0.15) is 5.26 Å². The molecular weight excluding hydrogens is 349 g/mol. The Balaban J connectivity index is 1.56. The Morgan fingerprint density at radius 1 is 1.46 bits per heavy atom. The van der Waals surface area contributed by atoms with Gasteiger partial charge in [-0.05, 0) is 55.0 Å². The van der Waals surface area contributed by atoms with Crippen LogP contribution >= 0.6 is 11.3 Å². The molecule has 1 aliphatic carbocycles. The first-order valence-corrected chi connectivity index (χ1v) is 9.45. The molecule has 26 heavy (non-hydrogen) atoms. The van der Waals surface area contributed by atoms with Gasteiger partial charge in [0, 0.05) is 22.0 Å². The van der Waals surface area contributed by atoms with Gasteiger partial charge in [0.1, 0.15) is 23.4 Å². The molecule has 1 atom stereocenters. The normalized spacial score (nSPS) is 16.3. The second-order valence-electron chi connectivity index (χ2n) is 6.86. The quantitative estimate of drug-likeness (QED) is 0.742. The molecule has 6 heteroatoms. The Kier molecular flexibility index (Phi) is 4.25. The minimum atomic E-state index is -0.295. The summed E-state index contributed by atoms with van der Waals surface area (Å²) < 4.78 is 15.1. The Labute approximate surface area is 154 Å². The van der Waals surface area contributed by atoms with Crippen LogP contribution in [0.3, 0.4) is 0 Å². The van der Waals surface area contributed by atoms with Gasteiger partial charge < -0.3 is 9.88 Å². The summed E-state index contributed by atoms with van der Waals surface area (Å²) in [5.41, 5.74) is 2.53. The molecule has 0 bridgehead atoms. The Morgan fingerprint density at radius 2 is 2.31 bits per heavy atom. The summed E-state index contributed by atoms with van der Waals surface area (Å²) in [5, 5.41) is 13.9. The lowest BCUT2D eigenvalue weighted by molar-refractivity contribution is -0.116. The number of carbonyl (C=O) groups excluding carboxylic acids is 1.